The molecule has 0 fully saturated rings. The second kappa shape index (κ2) is 6.76. The van der Waals surface area contributed by atoms with Crippen molar-refractivity contribution in [3.63, 3.8) is 0 Å². The molecule has 0 bridgehead atoms. The van der Waals surface area contributed by atoms with Crippen molar-refractivity contribution in [2.75, 3.05) is 5.75 Å². The molecule has 0 saturated heterocycles. The van der Waals surface area contributed by atoms with Crippen LogP contribution in [0.15, 0.2) is 34.9 Å². The van der Waals surface area contributed by atoms with Crippen LogP contribution < -0.4 is 5.32 Å². The fourth-order valence-corrected chi connectivity index (χ4v) is 4.25. The van der Waals surface area contributed by atoms with E-state index in [9.17, 15) is 13.2 Å². The van der Waals surface area contributed by atoms with Crippen molar-refractivity contribution in [1.82, 2.24) is 10.5 Å². The minimum absolute atomic E-state index is 0.120. The predicted octanol–water partition coefficient (Wildman–Crippen LogP) is 2.09. The highest BCUT2D eigenvalue weighted by molar-refractivity contribution is 7.91. The minimum atomic E-state index is -3.59. The number of aromatic nitrogens is 1. The number of hydrogen-bond acceptors (Lipinski definition) is 5. The van der Waals surface area contributed by atoms with Gasteiger partial charge in [0.25, 0.3) is 0 Å². The summed E-state index contributed by atoms with van der Waals surface area (Å²) in [5.74, 6) is -1.09. The topological polar surface area (TPSA) is 89.3 Å². The fourth-order valence-electron chi connectivity index (χ4n) is 3.09. The molecule has 1 aliphatic carbocycles. The number of carbonyl (C=O) groups excluding carboxylic acids is 1. The zero-order valence-corrected chi connectivity index (χ0v) is 14.3. The van der Waals surface area contributed by atoms with Crippen LogP contribution in [-0.2, 0) is 26.8 Å². The van der Waals surface area contributed by atoms with Crippen LogP contribution in [-0.4, -0.2) is 25.2 Å². The van der Waals surface area contributed by atoms with Gasteiger partial charge in [-0.2, -0.15) is 0 Å². The molecule has 0 unspecified atom stereocenters. The number of carbonyl (C=O) groups is 1. The summed E-state index contributed by atoms with van der Waals surface area (Å²) in [5.41, 5.74) is 2.91. The van der Waals surface area contributed by atoms with E-state index >= 15 is 0 Å². The smallest absolute Gasteiger partial charge is 0.235 e. The third kappa shape index (κ3) is 4.03. The third-order valence-corrected chi connectivity index (χ3v) is 5.52. The van der Waals surface area contributed by atoms with E-state index in [-0.39, 0.29) is 17.6 Å². The zero-order chi connectivity index (χ0) is 17.2. The highest BCUT2D eigenvalue weighted by Gasteiger charge is 2.25. The van der Waals surface area contributed by atoms with E-state index in [1.165, 1.54) is 5.56 Å². The van der Waals surface area contributed by atoms with Gasteiger partial charge in [0, 0.05) is 6.07 Å². The van der Waals surface area contributed by atoms with E-state index in [1.807, 2.05) is 18.2 Å². The van der Waals surface area contributed by atoms with Crippen LogP contribution in [0.5, 0.6) is 0 Å². The summed E-state index contributed by atoms with van der Waals surface area (Å²) < 4.78 is 29.2. The van der Waals surface area contributed by atoms with E-state index in [0.717, 1.165) is 24.8 Å². The molecule has 6 nitrogen and oxygen atoms in total. The van der Waals surface area contributed by atoms with E-state index in [1.54, 1.807) is 13.0 Å². The third-order valence-electron chi connectivity index (χ3n) is 4.09. The maximum atomic E-state index is 12.2. The van der Waals surface area contributed by atoms with E-state index < -0.39 is 21.5 Å². The summed E-state index contributed by atoms with van der Waals surface area (Å²) in [6, 6.07) is 9.40. The summed E-state index contributed by atoms with van der Waals surface area (Å²) in [6.45, 7) is 1.72. The summed E-state index contributed by atoms with van der Waals surface area (Å²) in [7, 11) is -3.59. The molecule has 1 N–H and O–H groups in total. The molecule has 0 spiro atoms. The molecular weight excluding hydrogens is 328 g/mol. The number of fused-ring (bicyclic) bond motifs is 1. The Morgan fingerprint density at radius 2 is 2.17 bits per heavy atom. The van der Waals surface area contributed by atoms with Gasteiger partial charge in [0.1, 0.15) is 11.5 Å². The summed E-state index contributed by atoms with van der Waals surface area (Å²) in [6.07, 6.45) is 2.79. The second-order valence-corrected chi connectivity index (χ2v) is 8.24. The van der Waals surface area contributed by atoms with Gasteiger partial charge in [0.05, 0.1) is 11.7 Å². The van der Waals surface area contributed by atoms with Crippen LogP contribution in [0, 0.1) is 6.92 Å². The van der Waals surface area contributed by atoms with Gasteiger partial charge in [-0.15, -0.1) is 0 Å². The van der Waals surface area contributed by atoms with Crippen molar-refractivity contribution in [1.29, 1.82) is 0 Å². The van der Waals surface area contributed by atoms with Crippen LogP contribution in [0.4, 0.5) is 0 Å². The van der Waals surface area contributed by atoms with Crippen LogP contribution >= 0.6 is 0 Å². The Labute approximate surface area is 141 Å². The van der Waals surface area contributed by atoms with E-state index in [0.29, 0.717) is 5.69 Å². The van der Waals surface area contributed by atoms with Crippen molar-refractivity contribution in [2.24, 2.45) is 0 Å². The first-order chi connectivity index (χ1) is 11.4. The van der Waals surface area contributed by atoms with Crippen LogP contribution in [0.3, 0.4) is 0 Å². The highest BCUT2D eigenvalue weighted by Crippen LogP contribution is 2.29. The zero-order valence-electron chi connectivity index (χ0n) is 13.5. The summed E-state index contributed by atoms with van der Waals surface area (Å²) >= 11 is 0. The van der Waals surface area contributed by atoms with Crippen LogP contribution in [0.25, 0.3) is 0 Å². The van der Waals surface area contributed by atoms with E-state index in [2.05, 4.69) is 16.5 Å². The number of amides is 1. The van der Waals surface area contributed by atoms with Crippen molar-refractivity contribution < 1.29 is 17.7 Å². The lowest BCUT2D eigenvalue weighted by Gasteiger charge is -2.26. The van der Waals surface area contributed by atoms with Gasteiger partial charge in [0.15, 0.2) is 15.6 Å². The standard InChI is InChI=1S/C17H20N2O4S/c1-12-9-14(23-19-12)10-24(21,22)11-17(20)18-16-8-4-6-13-5-2-3-7-15(13)16/h2-3,5,7,9,16H,4,6,8,10-11H2,1H3,(H,18,20)/t16-/m1/s1. The first-order valence-corrected chi connectivity index (χ1v) is 9.75. The Kier molecular flexibility index (Phi) is 4.71. The van der Waals surface area contributed by atoms with Gasteiger partial charge in [-0.05, 0) is 37.3 Å². The molecule has 0 saturated carbocycles. The summed E-state index contributed by atoms with van der Waals surface area (Å²) in [4.78, 5) is 12.2. The van der Waals surface area contributed by atoms with Crippen LogP contribution in [0.1, 0.15) is 41.5 Å². The molecule has 2 aromatic rings. The molecule has 1 atom stereocenters. The average Bonchev–Trinajstić information content (AvgIpc) is 2.91. The Morgan fingerprint density at radius 1 is 1.38 bits per heavy atom. The normalized spacial score (nSPS) is 17.3. The molecule has 24 heavy (non-hydrogen) atoms. The lowest BCUT2D eigenvalue weighted by molar-refractivity contribution is -0.119. The maximum Gasteiger partial charge on any atom is 0.235 e. The molecular formula is C17H20N2O4S. The Bertz CT molecular complexity index is 842. The van der Waals surface area contributed by atoms with Crippen molar-refractivity contribution in [2.45, 2.75) is 38.0 Å². The Hall–Kier alpha value is -2.15. The molecule has 7 heteroatoms. The lowest BCUT2D eigenvalue weighted by atomic mass is 9.88. The van der Waals surface area contributed by atoms with Crippen molar-refractivity contribution in [3.05, 3.63) is 52.9 Å². The van der Waals surface area contributed by atoms with E-state index in [4.69, 9.17) is 4.52 Å². The number of benzene rings is 1. The monoisotopic (exact) mass is 348 g/mol. The van der Waals surface area contributed by atoms with Crippen molar-refractivity contribution in [3.8, 4) is 0 Å². The molecule has 1 aromatic carbocycles. The van der Waals surface area contributed by atoms with Gasteiger partial charge in [-0.3, -0.25) is 4.79 Å². The van der Waals surface area contributed by atoms with Gasteiger partial charge in [0.2, 0.25) is 5.91 Å². The number of aryl methyl sites for hydroxylation is 2. The SMILES string of the molecule is Cc1cc(CS(=O)(=O)CC(=O)N[C@@H]2CCCc3ccccc32)on1. The minimum Gasteiger partial charge on any atom is -0.360 e. The number of sulfone groups is 1. The molecule has 1 aliphatic rings. The molecule has 1 heterocycles. The molecule has 3 rings (SSSR count). The molecule has 0 radical (unpaired) electrons. The largest absolute Gasteiger partial charge is 0.360 e. The molecule has 1 amide bonds. The average molecular weight is 348 g/mol. The molecule has 0 aliphatic heterocycles. The first-order valence-electron chi connectivity index (χ1n) is 7.93. The summed E-state index contributed by atoms with van der Waals surface area (Å²) in [5, 5.41) is 6.52. The quantitative estimate of drug-likeness (QED) is 0.894. The van der Waals surface area contributed by atoms with Gasteiger partial charge >= 0.3 is 0 Å². The van der Waals surface area contributed by atoms with Crippen molar-refractivity contribution >= 4 is 15.7 Å². The number of rotatable bonds is 5. The predicted molar refractivity (Wildman–Crippen MR) is 89.0 cm³/mol. The Morgan fingerprint density at radius 3 is 2.92 bits per heavy atom. The van der Waals surface area contributed by atoms with Gasteiger partial charge < -0.3 is 9.84 Å². The molecule has 1 aromatic heterocycles. The first kappa shape index (κ1) is 16.7. The number of hydrogen-bond donors (Lipinski definition) is 1. The Balaban J connectivity index is 1.63. The highest BCUT2D eigenvalue weighted by atomic mass is 32.2. The lowest BCUT2D eigenvalue weighted by Crippen LogP contribution is -2.35. The second-order valence-electron chi connectivity index (χ2n) is 6.18. The fraction of sp³-hybridized carbons (Fsp3) is 0.412. The van der Waals surface area contributed by atoms with Gasteiger partial charge in [-0.25, -0.2) is 8.42 Å². The van der Waals surface area contributed by atoms with Gasteiger partial charge in [-0.1, -0.05) is 29.4 Å². The molecule has 128 valence electrons. The maximum absolute atomic E-state index is 12.2. The van der Waals surface area contributed by atoms with Crippen LogP contribution in [0.2, 0.25) is 0 Å². The number of nitrogens with one attached hydrogen (secondary N) is 1. The number of nitrogens with zero attached hydrogens (tertiary/aromatic N) is 1.